The molecule has 0 aliphatic rings. The number of fused-ring (bicyclic) bond motifs is 1. The number of aromatic hydroxyl groups is 6. The minimum atomic E-state index is -0.888. The second kappa shape index (κ2) is 11.5. The maximum atomic E-state index is 12.4. The maximum Gasteiger partial charge on any atom is 0.238 e. The summed E-state index contributed by atoms with van der Waals surface area (Å²) in [4.78, 5) is 24.5. The number of rotatable bonds is 5. The van der Waals surface area contributed by atoms with Gasteiger partial charge in [-0.2, -0.15) is 0 Å². The topological polar surface area (TPSA) is 187 Å². The molecule has 0 amide bonds. The van der Waals surface area contributed by atoms with Crippen LogP contribution in [0.4, 0.5) is 0 Å². The van der Waals surface area contributed by atoms with Crippen LogP contribution in [0, 0.1) is 0 Å². The lowest BCUT2D eigenvalue weighted by Crippen LogP contribution is -2.04. The Morgan fingerprint density at radius 3 is 2.07 bits per heavy atom. The molecule has 0 radical (unpaired) electrons. The summed E-state index contributed by atoms with van der Waals surface area (Å²) in [6.07, 6.45) is 0. The monoisotopic (exact) mass is 560 g/mol. The van der Waals surface area contributed by atoms with Crippen LogP contribution >= 0.6 is 0 Å². The molecule has 0 aliphatic heterocycles. The van der Waals surface area contributed by atoms with Crippen LogP contribution in [0.15, 0.2) is 82.0 Å². The molecule has 41 heavy (non-hydrogen) atoms. The minimum absolute atomic E-state index is 0.134. The summed E-state index contributed by atoms with van der Waals surface area (Å²) in [5, 5.41) is 57.6. The average Bonchev–Trinajstić information content (AvgIpc) is 2.96. The number of benzene rings is 4. The molecule has 0 bridgehead atoms. The Labute approximate surface area is 232 Å². The van der Waals surface area contributed by atoms with Crippen molar-refractivity contribution >= 4 is 16.8 Å². The van der Waals surface area contributed by atoms with Crippen LogP contribution in [0.25, 0.3) is 22.3 Å². The summed E-state index contributed by atoms with van der Waals surface area (Å²) in [6, 6.07) is 17.3. The molecule has 4 aromatic carbocycles. The van der Waals surface area contributed by atoms with Gasteiger partial charge < -0.3 is 44.5 Å². The lowest BCUT2D eigenvalue weighted by atomic mass is 10.0. The zero-order valence-corrected chi connectivity index (χ0v) is 21.7. The van der Waals surface area contributed by atoms with Gasteiger partial charge in [0.2, 0.25) is 17.0 Å². The van der Waals surface area contributed by atoms with Gasteiger partial charge in [-0.25, -0.2) is 0 Å². The number of ketones is 1. The van der Waals surface area contributed by atoms with Gasteiger partial charge in [-0.1, -0.05) is 30.3 Å². The average molecular weight is 561 g/mol. The van der Waals surface area contributed by atoms with Crippen molar-refractivity contribution in [3.05, 3.63) is 94.1 Å². The van der Waals surface area contributed by atoms with Crippen LogP contribution in [-0.2, 0) is 0 Å². The number of carbonyl (C=O) groups is 1. The highest BCUT2D eigenvalue weighted by molar-refractivity contribution is 6.12. The molecule has 0 saturated carbocycles. The van der Waals surface area contributed by atoms with Crippen molar-refractivity contribution in [2.24, 2.45) is 0 Å². The number of ether oxygens (including phenoxy) is 2. The highest BCUT2D eigenvalue weighted by atomic mass is 16.5. The lowest BCUT2D eigenvalue weighted by molar-refractivity contribution is 0.103. The normalized spacial score (nSPS) is 10.5. The molecule has 11 nitrogen and oxygen atoms in total. The third-order valence-electron chi connectivity index (χ3n) is 5.95. The molecule has 1 aromatic heterocycles. The molecule has 210 valence electrons. The van der Waals surface area contributed by atoms with Crippen molar-refractivity contribution < 1.29 is 49.3 Å². The summed E-state index contributed by atoms with van der Waals surface area (Å²) < 4.78 is 15.5. The molecule has 0 unspecified atom stereocenters. The first kappa shape index (κ1) is 28.2. The number of methoxy groups -OCH3 is 2. The number of hydrogen-bond acceptors (Lipinski definition) is 11. The van der Waals surface area contributed by atoms with Crippen LogP contribution in [0.1, 0.15) is 15.9 Å². The van der Waals surface area contributed by atoms with Crippen molar-refractivity contribution in [3.8, 4) is 57.3 Å². The Hall–Kier alpha value is -5.84. The van der Waals surface area contributed by atoms with Gasteiger partial charge in [0.25, 0.3) is 0 Å². The Balaban J connectivity index is 0.000000191. The van der Waals surface area contributed by atoms with Crippen LogP contribution in [0.3, 0.4) is 0 Å². The smallest absolute Gasteiger partial charge is 0.238 e. The summed E-state index contributed by atoms with van der Waals surface area (Å²) in [5.74, 6) is -2.46. The summed E-state index contributed by atoms with van der Waals surface area (Å²) in [7, 11) is 2.92. The number of carbonyl (C=O) groups excluding carboxylic acids is 1. The van der Waals surface area contributed by atoms with E-state index >= 15 is 0 Å². The van der Waals surface area contributed by atoms with E-state index in [-0.39, 0.29) is 56.6 Å². The molecule has 1 heterocycles. The zero-order valence-electron chi connectivity index (χ0n) is 21.7. The molecular weight excluding hydrogens is 536 g/mol. The van der Waals surface area contributed by atoms with E-state index < -0.39 is 22.7 Å². The second-order valence-electron chi connectivity index (χ2n) is 8.57. The van der Waals surface area contributed by atoms with E-state index in [1.54, 1.807) is 30.3 Å². The molecule has 0 aliphatic carbocycles. The van der Waals surface area contributed by atoms with Crippen LogP contribution < -0.4 is 14.9 Å². The van der Waals surface area contributed by atoms with Gasteiger partial charge in [-0.05, 0) is 18.2 Å². The van der Waals surface area contributed by atoms with E-state index in [0.29, 0.717) is 11.3 Å². The Bertz CT molecular complexity index is 1810. The Morgan fingerprint density at radius 2 is 1.44 bits per heavy atom. The van der Waals surface area contributed by atoms with Crippen LogP contribution in [0.5, 0.6) is 46.0 Å². The molecule has 0 atom stereocenters. The summed E-state index contributed by atoms with van der Waals surface area (Å²) in [6.45, 7) is 0. The van der Waals surface area contributed by atoms with Crippen molar-refractivity contribution in [2.45, 2.75) is 0 Å². The van der Waals surface area contributed by atoms with E-state index in [9.17, 15) is 40.2 Å². The second-order valence-corrected chi connectivity index (χ2v) is 8.57. The molecule has 6 N–H and O–H groups in total. The highest BCUT2D eigenvalue weighted by Crippen LogP contribution is 2.38. The highest BCUT2D eigenvalue weighted by Gasteiger charge is 2.21. The van der Waals surface area contributed by atoms with Gasteiger partial charge in [0.05, 0.1) is 14.2 Å². The van der Waals surface area contributed by atoms with E-state index in [0.717, 1.165) is 24.3 Å². The van der Waals surface area contributed by atoms with E-state index in [1.807, 2.05) is 6.07 Å². The molecule has 5 aromatic rings. The minimum Gasteiger partial charge on any atom is -0.508 e. The predicted octanol–water partition coefficient (Wildman–Crippen LogP) is 4.63. The van der Waals surface area contributed by atoms with Crippen LogP contribution in [-0.4, -0.2) is 50.6 Å². The third kappa shape index (κ3) is 5.64. The lowest BCUT2D eigenvalue weighted by Gasteiger charge is -2.11. The van der Waals surface area contributed by atoms with Crippen molar-refractivity contribution in [2.75, 3.05) is 14.2 Å². The van der Waals surface area contributed by atoms with Gasteiger partial charge in [-0.15, -0.1) is 0 Å². The maximum absolute atomic E-state index is 12.4. The zero-order chi connectivity index (χ0) is 29.8. The number of phenols is 5. The van der Waals surface area contributed by atoms with E-state index in [2.05, 4.69) is 0 Å². The summed E-state index contributed by atoms with van der Waals surface area (Å²) in [5.41, 5.74) is -0.269. The first-order valence-electron chi connectivity index (χ1n) is 11.8. The van der Waals surface area contributed by atoms with Gasteiger partial charge in [-0.3, -0.25) is 9.59 Å². The van der Waals surface area contributed by atoms with Crippen LogP contribution in [0.2, 0.25) is 0 Å². The fraction of sp³-hybridized carbons (Fsp3) is 0.0667. The van der Waals surface area contributed by atoms with Crippen molar-refractivity contribution in [3.63, 3.8) is 0 Å². The number of hydrogen-bond donors (Lipinski definition) is 6. The van der Waals surface area contributed by atoms with Gasteiger partial charge in [0.1, 0.15) is 45.3 Å². The molecule has 5 rings (SSSR count). The van der Waals surface area contributed by atoms with E-state index in [4.69, 9.17) is 13.9 Å². The first-order valence-corrected chi connectivity index (χ1v) is 11.8. The fourth-order valence-corrected chi connectivity index (χ4v) is 3.95. The molecular formula is C30H24O11. The van der Waals surface area contributed by atoms with Gasteiger partial charge in [0.15, 0.2) is 17.3 Å². The number of phenolic OH excluding ortho intramolecular Hbond substituents is 5. The Kier molecular flexibility index (Phi) is 7.90. The molecule has 0 fully saturated rings. The predicted molar refractivity (Wildman–Crippen MR) is 147 cm³/mol. The van der Waals surface area contributed by atoms with Gasteiger partial charge in [0, 0.05) is 35.4 Å². The fourth-order valence-electron chi connectivity index (χ4n) is 3.95. The SMILES string of the molecule is COc1cc(O)c(C(=O)c2ccccc2)c(OC)c1.O=c1c(O)c(-c2ccc(O)c(O)c2)oc2cc(O)cc(O)c12. The molecule has 0 spiro atoms. The Morgan fingerprint density at radius 1 is 0.732 bits per heavy atom. The quantitative estimate of drug-likeness (QED) is 0.130. The summed E-state index contributed by atoms with van der Waals surface area (Å²) >= 11 is 0. The molecule has 11 heteroatoms. The van der Waals surface area contributed by atoms with Crippen molar-refractivity contribution in [1.29, 1.82) is 0 Å². The van der Waals surface area contributed by atoms with Crippen molar-refractivity contribution in [1.82, 2.24) is 0 Å². The third-order valence-corrected chi connectivity index (χ3v) is 5.95. The molecule has 0 saturated heterocycles. The van der Waals surface area contributed by atoms with Gasteiger partial charge >= 0.3 is 0 Å². The largest absolute Gasteiger partial charge is 0.508 e. The van der Waals surface area contributed by atoms with E-state index in [1.165, 1.54) is 26.4 Å². The standard InChI is InChI=1S/C15H10O7.C15H14O4/c16-7-4-10(19)12-11(5-7)22-15(14(21)13(12)20)6-1-2-8(17)9(18)3-6;1-18-11-8-12(16)14(13(9-11)19-2)15(17)10-6-4-3-5-7-10/h1-5,16-19,21H;3-9,16H,1-2H3. The first-order chi connectivity index (χ1) is 19.5.